The number of aromatic hydroxyl groups is 1. The zero-order valence-corrected chi connectivity index (χ0v) is 11.2. The molecule has 2 rings (SSSR count). The number of benzene rings is 1. The Morgan fingerprint density at radius 3 is 2.78 bits per heavy atom. The molecule has 0 bridgehead atoms. The summed E-state index contributed by atoms with van der Waals surface area (Å²) in [5.74, 6) is -0.115. The molecule has 0 spiro atoms. The van der Waals surface area contributed by atoms with Crippen molar-refractivity contribution in [2.45, 2.75) is 6.92 Å². The van der Waals surface area contributed by atoms with Gasteiger partial charge in [0.25, 0.3) is 5.91 Å². The minimum Gasteiger partial charge on any atom is -0.508 e. The molecule has 18 heavy (non-hydrogen) atoms. The van der Waals surface area contributed by atoms with Gasteiger partial charge in [0, 0.05) is 16.4 Å². The second-order valence-electron chi connectivity index (χ2n) is 3.81. The number of anilines is 1. The van der Waals surface area contributed by atoms with Gasteiger partial charge in [-0.25, -0.2) is 0 Å². The molecule has 0 radical (unpaired) electrons. The monoisotopic (exact) mass is 306 g/mol. The van der Waals surface area contributed by atoms with Gasteiger partial charge in [-0.2, -0.15) is 0 Å². The maximum atomic E-state index is 11.9. The maximum Gasteiger partial charge on any atom is 0.274 e. The number of aromatic nitrogens is 1. The number of carbonyl (C=O) groups is 1. The molecule has 1 amide bonds. The summed E-state index contributed by atoms with van der Waals surface area (Å²) in [4.78, 5) is 15.9. The van der Waals surface area contributed by atoms with Crippen molar-refractivity contribution in [3.63, 3.8) is 0 Å². The number of amides is 1. The van der Waals surface area contributed by atoms with Gasteiger partial charge in [-0.05, 0) is 42.8 Å². The van der Waals surface area contributed by atoms with Crippen LogP contribution in [0.4, 0.5) is 5.69 Å². The lowest BCUT2D eigenvalue weighted by atomic mass is 10.2. The highest BCUT2D eigenvalue weighted by Crippen LogP contribution is 2.20. The molecule has 0 aliphatic carbocycles. The van der Waals surface area contributed by atoms with E-state index in [1.165, 1.54) is 6.07 Å². The maximum absolute atomic E-state index is 11.9. The zero-order valence-electron chi connectivity index (χ0n) is 9.64. The van der Waals surface area contributed by atoms with Crippen LogP contribution >= 0.6 is 15.9 Å². The summed E-state index contributed by atoms with van der Waals surface area (Å²) in [5.41, 5.74) is 1.77. The second-order valence-corrected chi connectivity index (χ2v) is 4.73. The molecular formula is C13H11BrN2O2. The van der Waals surface area contributed by atoms with Crippen molar-refractivity contribution < 1.29 is 9.90 Å². The average molecular weight is 307 g/mol. The summed E-state index contributed by atoms with van der Waals surface area (Å²) in [6.07, 6.45) is 1.56. The average Bonchev–Trinajstić information content (AvgIpc) is 2.32. The first kappa shape index (κ1) is 12.6. The van der Waals surface area contributed by atoms with E-state index in [4.69, 9.17) is 0 Å². The van der Waals surface area contributed by atoms with Crippen LogP contribution < -0.4 is 5.32 Å². The number of phenolic OH excluding ortho intramolecular Hbond substituents is 1. The number of phenols is 1. The lowest BCUT2D eigenvalue weighted by molar-refractivity contribution is 0.102. The fourth-order valence-electron chi connectivity index (χ4n) is 1.50. The van der Waals surface area contributed by atoms with Crippen molar-refractivity contribution in [3.05, 3.63) is 52.3 Å². The Kier molecular flexibility index (Phi) is 3.62. The summed E-state index contributed by atoms with van der Waals surface area (Å²) in [6.45, 7) is 1.81. The number of halogens is 1. The number of nitrogens with one attached hydrogen (secondary N) is 1. The summed E-state index contributed by atoms with van der Waals surface area (Å²) in [7, 11) is 0. The van der Waals surface area contributed by atoms with Crippen LogP contribution in [-0.2, 0) is 0 Å². The number of hydrogen-bond donors (Lipinski definition) is 2. The minimum absolute atomic E-state index is 0.172. The van der Waals surface area contributed by atoms with Gasteiger partial charge in [0.15, 0.2) is 0 Å². The number of carbonyl (C=O) groups excluding carboxylic acids is 1. The molecule has 1 aromatic heterocycles. The Morgan fingerprint density at radius 2 is 2.11 bits per heavy atom. The van der Waals surface area contributed by atoms with Crippen molar-refractivity contribution in [3.8, 4) is 5.75 Å². The zero-order chi connectivity index (χ0) is 13.1. The van der Waals surface area contributed by atoms with E-state index in [0.717, 1.165) is 10.0 Å². The third-order valence-corrected chi connectivity index (χ3v) is 2.91. The van der Waals surface area contributed by atoms with Crippen LogP contribution in [0.15, 0.2) is 41.0 Å². The first-order valence-corrected chi connectivity index (χ1v) is 6.08. The lowest BCUT2D eigenvalue weighted by Crippen LogP contribution is -2.14. The number of aryl methyl sites for hydroxylation is 1. The van der Waals surface area contributed by atoms with Crippen LogP contribution in [-0.4, -0.2) is 16.0 Å². The van der Waals surface area contributed by atoms with E-state index in [1.807, 2.05) is 6.92 Å². The van der Waals surface area contributed by atoms with Gasteiger partial charge in [0.2, 0.25) is 0 Å². The van der Waals surface area contributed by atoms with E-state index in [1.54, 1.807) is 30.5 Å². The van der Waals surface area contributed by atoms with E-state index in [9.17, 15) is 9.90 Å². The topological polar surface area (TPSA) is 62.2 Å². The van der Waals surface area contributed by atoms with Gasteiger partial charge in [0.05, 0.1) is 0 Å². The highest BCUT2D eigenvalue weighted by atomic mass is 79.9. The van der Waals surface area contributed by atoms with Crippen LogP contribution in [0.5, 0.6) is 5.75 Å². The molecule has 5 heteroatoms. The van der Waals surface area contributed by atoms with Gasteiger partial charge < -0.3 is 10.4 Å². The van der Waals surface area contributed by atoms with E-state index in [0.29, 0.717) is 11.4 Å². The first-order valence-electron chi connectivity index (χ1n) is 5.29. The normalized spacial score (nSPS) is 10.1. The highest BCUT2D eigenvalue weighted by molar-refractivity contribution is 9.10. The number of nitrogens with zero attached hydrogens (tertiary/aromatic N) is 1. The Bertz CT molecular complexity index is 599. The van der Waals surface area contributed by atoms with Crippen LogP contribution in [0.3, 0.4) is 0 Å². The molecule has 4 nitrogen and oxygen atoms in total. The van der Waals surface area contributed by atoms with Gasteiger partial charge >= 0.3 is 0 Å². The van der Waals surface area contributed by atoms with Crippen molar-refractivity contribution in [1.82, 2.24) is 4.98 Å². The molecule has 2 N–H and O–H groups in total. The summed E-state index contributed by atoms with van der Waals surface area (Å²) in [5, 5.41) is 12.0. The molecule has 92 valence electrons. The Balaban J connectivity index is 2.21. The third-order valence-electron chi connectivity index (χ3n) is 2.41. The summed E-state index contributed by atoms with van der Waals surface area (Å²) < 4.78 is 0.796. The molecule has 0 fully saturated rings. The molecule has 0 saturated heterocycles. The lowest BCUT2D eigenvalue weighted by Gasteiger charge is -2.08. The molecule has 0 atom stereocenters. The van der Waals surface area contributed by atoms with Gasteiger partial charge in [0.1, 0.15) is 11.4 Å². The van der Waals surface area contributed by atoms with Gasteiger partial charge in [-0.15, -0.1) is 0 Å². The molecule has 0 aliphatic rings. The first-order chi connectivity index (χ1) is 8.56. The number of hydrogen-bond acceptors (Lipinski definition) is 3. The number of rotatable bonds is 2. The standard InChI is InChI=1S/C13H11BrN2O2/c1-8-6-10(17)2-3-11(8)16-13(18)12-7-9(14)4-5-15-12/h2-7,17H,1H3,(H,16,18). The molecule has 0 aliphatic heterocycles. The van der Waals surface area contributed by atoms with E-state index in [-0.39, 0.29) is 11.7 Å². The van der Waals surface area contributed by atoms with E-state index in [2.05, 4.69) is 26.2 Å². The van der Waals surface area contributed by atoms with Crippen LogP contribution in [0.2, 0.25) is 0 Å². The Morgan fingerprint density at radius 1 is 1.33 bits per heavy atom. The van der Waals surface area contributed by atoms with Crippen LogP contribution in [0, 0.1) is 6.92 Å². The largest absolute Gasteiger partial charge is 0.508 e. The molecule has 0 saturated carbocycles. The molecule has 0 unspecified atom stereocenters. The smallest absolute Gasteiger partial charge is 0.274 e. The van der Waals surface area contributed by atoms with Crippen molar-refractivity contribution in [2.75, 3.05) is 5.32 Å². The van der Waals surface area contributed by atoms with Gasteiger partial charge in [-0.1, -0.05) is 15.9 Å². The predicted molar refractivity (Wildman–Crippen MR) is 72.7 cm³/mol. The fourth-order valence-corrected chi connectivity index (χ4v) is 1.84. The third kappa shape index (κ3) is 2.87. The minimum atomic E-state index is -0.287. The van der Waals surface area contributed by atoms with Crippen molar-refractivity contribution in [2.24, 2.45) is 0 Å². The summed E-state index contributed by atoms with van der Waals surface area (Å²) in [6, 6.07) is 8.16. The molecule has 1 aromatic carbocycles. The molecule has 1 heterocycles. The van der Waals surface area contributed by atoms with E-state index >= 15 is 0 Å². The molecule has 2 aromatic rings. The SMILES string of the molecule is Cc1cc(O)ccc1NC(=O)c1cc(Br)ccn1. The Hall–Kier alpha value is -1.88. The van der Waals surface area contributed by atoms with Crippen LogP contribution in [0.25, 0.3) is 0 Å². The fraction of sp³-hybridized carbons (Fsp3) is 0.0769. The number of pyridine rings is 1. The Labute approximate surface area is 113 Å². The van der Waals surface area contributed by atoms with Crippen LogP contribution in [0.1, 0.15) is 16.1 Å². The van der Waals surface area contributed by atoms with Crippen molar-refractivity contribution in [1.29, 1.82) is 0 Å². The second kappa shape index (κ2) is 5.18. The van der Waals surface area contributed by atoms with Gasteiger partial charge in [-0.3, -0.25) is 9.78 Å². The quantitative estimate of drug-likeness (QED) is 0.838. The highest BCUT2D eigenvalue weighted by Gasteiger charge is 2.09. The molecular weight excluding hydrogens is 296 g/mol. The van der Waals surface area contributed by atoms with E-state index < -0.39 is 0 Å². The summed E-state index contributed by atoms with van der Waals surface area (Å²) >= 11 is 3.29. The predicted octanol–water partition coefficient (Wildman–Crippen LogP) is 3.11. The van der Waals surface area contributed by atoms with Crippen molar-refractivity contribution >= 4 is 27.5 Å².